The van der Waals surface area contributed by atoms with Crippen molar-refractivity contribution in [3.05, 3.63) is 24.3 Å². The molecule has 0 heterocycles. The molecule has 0 aliphatic rings. The number of nitrogen functional groups attached to an aromatic ring is 1. The highest BCUT2D eigenvalue weighted by Gasteiger charge is 2.44. The molecule has 0 aromatic heterocycles. The summed E-state index contributed by atoms with van der Waals surface area (Å²) in [6, 6.07) is 5.88. The van der Waals surface area contributed by atoms with E-state index in [0.29, 0.717) is 26.2 Å². The van der Waals surface area contributed by atoms with Gasteiger partial charge in [0, 0.05) is 26.2 Å². The van der Waals surface area contributed by atoms with Gasteiger partial charge in [0.2, 0.25) is 15.1 Å². The standard InChI is InChI=1S/C17H27N3O4S/c1-5-19(6-2)16(21)15(17(22)20(7-3)8-4)25(23,24)14-12-10-9-11-13(14)18/h9-12,15H,5-8,18H2,1-4H3. The Balaban J connectivity index is 3.53. The Morgan fingerprint density at radius 1 is 0.920 bits per heavy atom. The van der Waals surface area contributed by atoms with Gasteiger partial charge in [0.1, 0.15) is 0 Å². The van der Waals surface area contributed by atoms with Crippen LogP contribution in [0.5, 0.6) is 0 Å². The third-order valence-electron chi connectivity index (χ3n) is 4.13. The van der Waals surface area contributed by atoms with Crippen LogP contribution in [0.15, 0.2) is 29.2 Å². The summed E-state index contributed by atoms with van der Waals surface area (Å²) in [7, 11) is -4.27. The molecule has 0 saturated heterocycles. The predicted octanol–water partition coefficient (Wildman–Crippen LogP) is 1.15. The largest absolute Gasteiger partial charge is 0.398 e. The van der Waals surface area contributed by atoms with Crippen molar-refractivity contribution in [3.63, 3.8) is 0 Å². The number of hydrogen-bond donors (Lipinski definition) is 1. The average molecular weight is 369 g/mol. The summed E-state index contributed by atoms with van der Waals surface area (Å²) in [5, 5.41) is -1.82. The Morgan fingerprint density at radius 3 is 1.68 bits per heavy atom. The Kier molecular flexibility index (Phi) is 7.41. The van der Waals surface area contributed by atoms with Crippen LogP contribution in [0, 0.1) is 0 Å². The van der Waals surface area contributed by atoms with Crippen molar-refractivity contribution >= 4 is 27.3 Å². The van der Waals surface area contributed by atoms with Gasteiger partial charge in [-0.3, -0.25) is 9.59 Å². The van der Waals surface area contributed by atoms with Crippen LogP contribution >= 0.6 is 0 Å². The second-order valence-electron chi connectivity index (χ2n) is 5.48. The number of anilines is 1. The lowest BCUT2D eigenvalue weighted by Gasteiger charge is -2.28. The van der Waals surface area contributed by atoms with Crippen LogP contribution < -0.4 is 5.73 Å². The number of benzene rings is 1. The summed E-state index contributed by atoms with van der Waals surface area (Å²) >= 11 is 0. The molecule has 0 fully saturated rings. The van der Waals surface area contributed by atoms with E-state index in [1.807, 2.05) is 0 Å². The summed E-state index contributed by atoms with van der Waals surface area (Å²) in [4.78, 5) is 28.3. The lowest BCUT2D eigenvalue weighted by molar-refractivity contribution is -0.139. The van der Waals surface area contributed by atoms with Crippen LogP contribution in [0.25, 0.3) is 0 Å². The molecule has 0 bridgehead atoms. The lowest BCUT2D eigenvalue weighted by Crippen LogP contribution is -2.52. The monoisotopic (exact) mass is 369 g/mol. The van der Waals surface area contributed by atoms with Crippen molar-refractivity contribution in [2.45, 2.75) is 37.8 Å². The van der Waals surface area contributed by atoms with E-state index < -0.39 is 26.9 Å². The van der Waals surface area contributed by atoms with Gasteiger partial charge in [-0.15, -0.1) is 0 Å². The number of carbonyl (C=O) groups is 2. The van der Waals surface area contributed by atoms with Gasteiger partial charge in [-0.05, 0) is 39.8 Å². The first-order valence-electron chi connectivity index (χ1n) is 8.42. The van der Waals surface area contributed by atoms with Crippen LogP contribution in [0.1, 0.15) is 27.7 Å². The van der Waals surface area contributed by atoms with Crippen molar-refractivity contribution in [1.82, 2.24) is 9.80 Å². The number of nitrogens with zero attached hydrogens (tertiary/aromatic N) is 2. The second kappa shape index (κ2) is 8.84. The maximum absolute atomic E-state index is 13.1. The van der Waals surface area contributed by atoms with Crippen LogP contribution in [0.3, 0.4) is 0 Å². The van der Waals surface area contributed by atoms with Gasteiger partial charge in [-0.25, -0.2) is 8.42 Å². The van der Waals surface area contributed by atoms with E-state index in [1.54, 1.807) is 33.8 Å². The third-order valence-corrected chi connectivity index (χ3v) is 6.14. The molecule has 2 N–H and O–H groups in total. The Labute approximate surface area is 149 Å². The number of hydrogen-bond acceptors (Lipinski definition) is 5. The number of para-hydroxylation sites is 1. The maximum atomic E-state index is 13.1. The molecule has 1 aromatic rings. The van der Waals surface area contributed by atoms with Crippen LogP contribution in [-0.2, 0) is 19.4 Å². The van der Waals surface area contributed by atoms with Gasteiger partial charge < -0.3 is 15.5 Å². The molecular formula is C17H27N3O4S. The van der Waals surface area contributed by atoms with E-state index in [0.717, 1.165) is 0 Å². The molecule has 8 heteroatoms. The van der Waals surface area contributed by atoms with E-state index in [9.17, 15) is 18.0 Å². The van der Waals surface area contributed by atoms with Crippen LogP contribution in [0.4, 0.5) is 5.69 Å². The van der Waals surface area contributed by atoms with Crippen molar-refractivity contribution < 1.29 is 18.0 Å². The third kappa shape index (κ3) is 4.31. The molecule has 0 unspecified atom stereocenters. The SMILES string of the molecule is CCN(CC)C(=O)C(C(=O)N(CC)CC)S(=O)(=O)c1ccccc1N. The normalized spacial score (nSPS) is 11.4. The first-order chi connectivity index (χ1) is 11.8. The van der Waals surface area contributed by atoms with E-state index in [2.05, 4.69) is 0 Å². The fourth-order valence-electron chi connectivity index (χ4n) is 2.64. The highest BCUT2D eigenvalue weighted by molar-refractivity contribution is 7.93. The molecule has 2 amide bonds. The molecular weight excluding hydrogens is 342 g/mol. The number of sulfone groups is 1. The zero-order valence-corrected chi connectivity index (χ0v) is 16.0. The minimum Gasteiger partial charge on any atom is -0.398 e. The minimum absolute atomic E-state index is 0.0205. The van der Waals surface area contributed by atoms with Crippen LogP contribution in [0.2, 0.25) is 0 Å². The Bertz CT molecular complexity index is 686. The van der Waals surface area contributed by atoms with E-state index in [4.69, 9.17) is 5.73 Å². The Hall–Kier alpha value is -2.09. The van der Waals surface area contributed by atoms with Crippen molar-refractivity contribution in [3.8, 4) is 0 Å². The number of amides is 2. The first kappa shape index (κ1) is 21.0. The summed E-state index contributed by atoms with van der Waals surface area (Å²) < 4.78 is 26.3. The molecule has 0 aliphatic carbocycles. The fourth-order valence-corrected chi connectivity index (χ4v) is 4.39. The summed E-state index contributed by atoms with van der Waals surface area (Å²) in [6.45, 7) is 8.23. The van der Waals surface area contributed by atoms with Gasteiger partial charge in [0.05, 0.1) is 10.6 Å². The van der Waals surface area contributed by atoms with Crippen molar-refractivity contribution in [2.75, 3.05) is 31.9 Å². The second-order valence-corrected chi connectivity index (χ2v) is 7.49. The zero-order chi connectivity index (χ0) is 19.2. The molecule has 0 spiro atoms. The Morgan fingerprint density at radius 2 is 1.32 bits per heavy atom. The van der Waals surface area contributed by atoms with Gasteiger partial charge in [-0.1, -0.05) is 12.1 Å². The summed E-state index contributed by atoms with van der Waals surface area (Å²) in [5.41, 5.74) is 5.82. The number of nitrogens with two attached hydrogens (primary N) is 1. The van der Waals surface area contributed by atoms with Crippen molar-refractivity contribution in [1.29, 1.82) is 0 Å². The van der Waals surface area contributed by atoms with E-state index >= 15 is 0 Å². The molecule has 140 valence electrons. The molecule has 0 aliphatic heterocycles. The molecule has 1 rings (SSSR count). The topological polar surface area (TPSA) is 101 Å². The molecule has 0 saturated carbocycles. The first-order valence-corrected chi connectivity index (χ1v) is 9.96. The average Bonchev–Trinajstić information content (AvgIpc) is 2.57. The smallest absolute Gasteiger partial charge is 0.251 e. The molecule has 25 heavy (non-hydrogen) atoms. The molecule has 7 nitrogen and oxygen atoms in total. The highest BCUT2D eigenvalue weighted by atomic mass is 32.2. The van der Waals surface area contributed by atoms with Gasteiger partial charge in [0.25, 0.3) is 11.8 Å². The van der Waals surface area contributed by atoms with Crippen molar-refractivity contribution in [2.24, 2.45) is 0 Å². The van der Waals surface area contributed by atoms with E-state index in [1.165, 1.54) is 28.0 Å². The maximum Gasteiger partial charge on any atom is 0.251 e. The number of carbonyl (C=O) groups excluding carboxylic acids is 2. The predicted molar refractivity (Wildman–Crippen MR) is 97.7 cm³/mol. The lowest BCUT2D eigenvalue weighted by atomic mass is 10.3. The summed E-state index contributed by atoms with van der Waals surface area (Å²) in [6.07, 6.45) is 0. The van der Waals surface area contributed by atoms with Gasteiger partial charge >= 0.3 is 0 Å². The molecule has 0 radical (unpaired) electrons. The molecule has 1 aromatic carbocycles. The highest BCUT2D eigenvalue weighted by Crippen LogP contribution is 2.25. The number of rotatable bonds is 8. The summed E-state index contributed by atoms with van der Waals surface area (Å²) in [5.74, 6) is -1.43. The van der Waals surface area contributed by atoms with Gasteiger partial charge in [-0.2, -0.15) is 0 Å². The van der Waals surface area contributed by atoms with Gasteiger partial charge in [0.15, 0.2) is 0 Å². The zero-order valence-electron chi connectivity index (χ0n) is 15.2. The van der Waals surface area contributed by atoms with E-state index in [-0.39, 0.29) is 10.6 Å². The fraction of sp³-hybridized carbons (Fsp3) is 0.529. The van der Waals surface area contributed by atoms with Crippen LogP contribution in [-0.4, -0.2) is 61.5 Å². The molecule has 0 atom stereocenters. The quantitative estimate of drug-likeness (QED) is 0.547. The minimum atomic E-state index is -4.27.